The molecule has 3 nitrogen and oxygen atoms in total. The van der Waals surface area contributed by atoms with Crippen LogP contribution in [-0.2, 0) is 0 Å². The minimum atomic E-state index is 0.356. The van der Waals surface area contributed by atoms with E-state index < -0.39 is 0 Å². The third-order valence-electron chi connectivity index (χ3n) is 3.88. The molecule has 22 heavy (non-hydrogen) atoms. The lowest BCUT2D eigenvalue weighted by atomic mass is 9.87. The van der Waals surface area contributed by atoms with E-state index in [1.165, 1.54) is 0 Å². The summed E-state index contributed by atoms with van der Waals surface area (Å²) in [5, 5.41) is 3.38. The van der Waals surface area contributed by atoms with E-state index >= 15 is 0 Å². The van der Waals surface area contributed by atoms with E-state index in [0.29, 0.717) is 17.9 Å². The lowest BCUT2D eigenvalue weighted by Gasteiger charge is -2.26. The van der Waals surface area contributed by atoms with Crippen molar-refractivity contribution in [3.8, 4) is 11.8 Å². The van der Waals surface area contributed by atoms with E-state index in [0.717, 1.165) is 36.8 Å². The maximum atomic E-state index is 5.92. The van der Waals surface area contributed by atoms with Gasteiger partial charge >= 0.3 is 0 Å². The summed E-state index contributed by atoms with van der Waals surface area (Å²) >= 11 is 0. The fourth-order valence-corrected chi connectivity index (χ4v) is 2.58. The lowest BCUT2D eigenvalue weighted by molar-refractivity contribution is 0.387. The molecule has 1 fully saturated rings. The fraction of sp³-hybridized carbons (Fsp3) is 0.316. The highest BCUT2D eigenvalue weighted by Gasteiger charge is 2.18. The number of benzene rings is 1. The summed E-state index contributed by atoms with van der Waals surface area (Å²) in [4.78, 5) is 8.70. The molecule has 2 aromatic rings. The minimum Gasteiger partial charge on any atom is -0.351 e. The zero-order valence-corrected chi connectivity index (χ0v) is 12.5. The minimum absolute atomic E-state index is 0.356. The van der Waals surface area contributed by atoms with Crippen LogP contribution < -0.4 is 5.32 Å². The Balaban J connectivity index is 1.60. The summed E-state index contributed by atoms with van der Waals surface area (Å²) < 4.78 is 0. The first-order valence-corrected chi connectivity index (χ1v) is 7.71. The Morgan fingerprint density at radius 2 is 1.55 bits per heavy atom. The number of nitrogens with one attached hydrogen (secondary N) is 1. The molecule has 0 atom stereocenters. The molecular weight excluding hydrogens is 270 g/mol. The second kappa shape index (κ2) is 7.09. The Labute approximate surface area is 132 Å². The van der Waals surface area contributed by atoms with Gasteiger partial charge in [0.1, 0.15) is 0 Å². The van der Waals surface area contributed by atoms with Crippen molar-refractivity contribution >= 4 is 5.95 Å². The third kappa shape index (κ3) is 4.08. The van der Waals surface area contributed by atoms with Crippen molar-refractivity contribution in [1.29, 1.82) is 0 Å². The van der Waals surface area contributed by atoms with Crippen molar-refractivity contribution in [3.05, 3.63) is 60.8 Å². The van der Waals surface area contributed by atoms with Gasteiger partial charge in [-0.1, -0.05) is 30.0 Å². The van der Waals surface area contributed by atoms with Gasteiger partial charge in [0.2, 0.25) is 5.95 Å². The average Bonchev–Trinajstić information content (AvgIpc) is 2.57. The van der Waals surface area contributed by atoms with Gasteiger partial charge in [0, 0.05) is 24.0 Å². The summed E-state index contributed by atoms with van der Waals surface area (Å²) in [6, 6.07) is 10.3. The monoisotopic (exact) mass is 289 g/mol. The Morgan fingerprint density at radius 1 is 0.909 bits per heavy atom. The van der Waals surface area contributed by atoms with Gasteiger partial charge in [-0.25, -0.2) is 9.97 Å². The molecule has 1 heterocycles. The van der Waals surface area contributed by atoms with Crippen molar-refractivity contribution in [2.45, 2.75) is 31.7 Å². The van der Waals surface area contributed by atoms with Crippen molar-refractivity contribution in [2.75, 3.05) is 5.32 Å². The van der Waals surface area contributed by atoms with Crippen molar-refractivity contribution in [2.24, 2.45) is 5.92 Å². The molecule has 2 radical (unpaired) electrons. The van der Waals surface area contributed by atoms with Crippen LogP contribution in [0, 0.1) is 24.7 Å². The van der Waals surface area contributed by atoms with Gasteiger partial charge in [-0.3, -0.25) is 0 Å². The topological polar surface area (TPSA) is 37.8 Å². The van der Waals surface area contributed by atoms with Gasteiger partial charge in [-0.05, 0) is 50.7 Å². The van der Waals surface area contributed by atoms with Crippen LogP contribution >= 0.6 is 0 Å². The Kier molecular flexibility index (Phi) is 4.70. The van der Waals surface area contributed by atoms with E-state index in [2.05, 4.69) is 27.1 Å². The van der Waals surface area contributed by atoms with Gasteiger partial charge in [0.15, 0.2) is 0 Å². The van der Waals surface area contributed by atoms with E-state index in [-0.39, 0.29) is 0 Å². The molecular formula is C19H19N3. The Bertz CT molecular complexity index is 645. The molecule has 1 aliphatic rings. The molecule has 1 aliphatic carbocycles. The molecule has 0 bridgehead atoms. The number of hydrogen-bond acceptors (Lipinski definition) is 3. The maximum absolute atomic E-state index is 5.92. The van der Waals surface area contributed by atoms with Gasteiger partial charge in [0.05, 0.1) is 5.56 Å². The first kappa shape index (κ1) is 14.6. The second-order valence-electron chi connectivity index (χ2n) is 5.67. The van der Waals surface area contributed by atoms with Crippen LogP contribution in [0.4, 0.5) is 5.95 Å². The molecule has 1 saturated carbocycles. The van der Waals surface area contributed by atoms with Crippen LogP contribution in [-0.4, -0.2) is 16.0 Å². The maximum Gasteiger partial charge on any atom is 0.222 e. The molecule has 1 aromatic carbocycles. The molecule has 3 rings (SSSR count). The average molecular weight is 289 g/mol. The summed E-state index contributed by atoms with van der Waals surface area (Å²) in [6.45, 7) is 5.92. The smallest absolute Gasteiger partial charge is 0.222 e. The molecule has 1 N–H and O–H groups in total. The summed E-state index contributed by atoms with van der Waals surface area (Å²) in [7, 11) is 0. The quantitative estimate of drug-likeness (QED) is 0.859. The summed E-state index contributed by atoms with van der Waals surface area (Å²) in [6.07, 6.45) is 7.83. The fourth-order valence-electron chi connectivity index (χ4n) is 2.58. The molecule has 0 amide bonds. The highest BCUT2D eigenvalue weighted by molar-refractivity contribution is 5.42. The van der Waals surface area contributed by atoms with Crippen LogP contribution in [0.2, 0.25) is 0 Å². The van der Waals surface area contributed by atoms with Crippen molar-refractivity contribution < 1.29 is 0 Å². The number of anilines is 1. The standard InChI is InChI=1S/C19H19N3/c1-15-7-11-18(12-8-15)22-19-20-13-17(14-21-19)10-9-16-5-3-2-4-6-16/h1-6,13-15,18H,7-8,11-12H2,(H,20,21,22)/t15-,18-. The van der Waals surface area contributed by atoms with Gasteiger partial charge in [-0.2, -0.15) is 0 Å². The summed E-state index contributed by atoms with van der Waals surface area (Å²) in [5.41, 5.74) is 1.81. The second-order valence-corrected chi connectivity index (χ2v) is 5.67. The lowest BCUT2D eigenvalue weighted by Crippen LogP contribution is -2.26. The van der Waals surface area contributed by atoms with Crippen LogP contribution in [0.15, 0.2) is 42.7 Å². The Morgan fingerprint density at radius 3 is 2.23 bits per heavy atom. The van der Waals surface area contributed by atoms with E-state index in [1.807, 2.05) is 30.3 Å². The normalized spacial score (nSPS) is 20.8. The molecule has 0 spiro atoms. The predicted octanol–water partition coefficient (Wildman–Crippen LogP) is 3.56. The van der Waals surface area contributed by atoms with Crippen LogP contribution in [0.5, 0.6) is 0 Å². The van der Waals surface area contributed by atoms with Crippen LogP contribution in [0.3, 0.4) is 0 Å². The molecule has 0 unspecified atom stereocenters. The number of hydrogen-bond donors (Lipinski definition) is 1. The molecule has 1 aromatic heterocycles. The predicted molar refractivity (Wildman–Crippen MR) is 88.1 cm³/mol. The van der Waals surface area contributed by atoms with Crippen LogP contribution in [0.25, 0.3) is 0 Å². The Hall–Kier alpha value is -2.34. The molecule has 110 valence electrons. The van der Waals surface area contributed by atoms with Gasteiger partial charge < -0.3 is 5.32 Å². The zero-order valence-electron chi connectivity index (χ0n) is 12.5. The number of nitrogens with zero attached hydrogens (tertiary/aromatic N) is 2. The zero-order chi connectivity index (χ0) is 15.2. The molecule has 3 heteroatoms. The first-order valence-electron chi connectivity index (χ1n) is 7.71. The molecule has 0 aliphatic heterocycles. The van der Waals surface area contributed by atoms with Crippen LogP contribution in [0.1, 0.15) is 36.8 Å². The largest absolute Gasteiger partial charge is 0.351 e. The number of aromatic nitrogens is 2. The first-order chi connectivity index (χ1) is 10.8. The van der Waals surface area contributed by atoms with Crippen molar-refractivity contribution in [3.63, 3.8) is 0 Å². The van der Waals surface area contributed by atoms with Gasteiger partial charge in [-0.15, -0.1) is 0 Å². The third-order valence-corrected chi connectivity index (χ3v) is 3.88. The number of rotatable bonds is 2. The SMILES string of the molecule is [CH][C@H]1CC[C@H](Nc2ncc(C#Cc3ccccc3)cn2)CC1. The summed E-state index contributed by atoms with van der Waals surface area (Å²) in [5.74, 6) is 7.21. The van der Waals surface area contributed by atoms with E-state index in [1.54, 1.807) is 12.4 Å². The van der Waals surface area contributed by atoms with E-state index in [4.69, 9.17) is 6.92 Å². The van der Waals surface area contributed by atoms with Gasteiger partial charge in [0.25, 0.3) is 0 Å². The van der Waals surface area contributed by atoms with E-state index in [9.17, 15) is 0 Å². The highest BCUT2D eigenvalue weighted by atomic mass is 15.1. The highest BCUT2D eigenvalue weighted by Crippen LogP contribution is 2.24. The van der Waals surface area contributed by atoms with Crippen molar-refractivity contribution in [1.82, 2.24) is 9.97 Å². The molecule has 0 saturated heterocycles.